The predicted octanol–water partition coefficient (Wildman–Crippen LogP) is 3.61. The Labute approximate surface area is 137 Å². The van der Waals surface area contributed by atoms with Crippen molar-refractivity contribution in [3.05, 3.63) is 11.1 Å². The highest BCUT2D eigenvalue weighted by Crippen LogP contribution is 2.56. The number of hydrogen-bond acceptors (Lipinski definition) is 3. The zero-order valence-corrected chi connectivity index (χ0v) is 13.8. The first-order valence-corrected chi connectivity index (χ1v) is 9.67. The molecule has 3 nitrogen and oxygen atoms in total. The van der Waals surface area contributed by atoms with Gasteiger partial charge in [0.05, 0.1) is 12.2 Å². The van der Waals surface area contributed by atoms with Crippen LogP contribution in [0, 0.1) is 23.7 Å². The molecule has 0 bridgehead atoms. The Balaban J connectivity index is 1.64. The van der Waals surface area contributed by atoms with Crippen LogP contribution >= 0.6 is 0 Å². The van der Waals surface area contributed by atoms with E-state index in [0.29, 0.717) is 36.2 Å². The van der Waals surface area contributed by atoms with Gasteiger partial charge in [0.25, 0.3) is 0 Å². The summed E-state index contributed by atoms with van der Waals surface area (Å²) in [6, 6.07) is 0. The first-order chi connectivity index (χ1) is 11.2. The number of ketones is 2. The first-order valence-electron chi connectivity index (χ1n) is 9.67. The fourth-order valence-corrected chi connectivity index (χ4v) is 6.40. The molecule has 6 unspecified atom stereocenters. The standard InChI is InChI=1S/C20H26O3/c21-11-8-9-14-17(10-11)23-16-7-3-6-15-19(16)18(14)12-4-1-2-5-13(12)20(15)22/h12-13,15-17,19H,1-10H2. The predicted molar refractivity (Wildman–Crippen MR) is 85.8 cm³/mol. The normalized spacial score (nSPS) is 46.1. The van der Waals surface area contributed by atoms with Crippen LogP contribution in [0.1, 0.15) is 64.2 Å². The first kappa shape index (κ1) is 14.4. The van der Waals surface area contributed by atoms with E-state index in [4.69, 9.17) is 4.74 Å². The van der Waals surface area contributed by atoms with Gasteiger partial charge in [0.15, 0.2) is 0 Å². The van der Waals surface area contributed by atoms with Crippen molar-refractivity contribution in [2.24, 2.45) is 23.7 Å². The molecule has 5 aliphatic rings. The summed E-state index contributed by atoms with van der Waals surface area (Å²) >= 11 is 0. The lowest BCUT2D eigenvalue weighted by Crippen LogP contribution is -2.54. The third kappa shape index (κ3) is 2.05. The van der Waals surface area contributed by atoms with E-state index < -0.39 is 0 Å². The second-order valence-electron chi connectivity index (χ2n) is 8.35. The fourth-order valence-electron chi connectivity index (χ4n) is 6.40. The van der Waals surface area contributed by atoms with Crippen molar-refractivity contribution in [1.82, 2.24) is 0 Å². The quantitative estimate of drug-likeness (QED) is 0.642. The second-order valence-corrected chi connectivity index (χ2v) is 8.35. The summed E-state index contributed by atoms with van der Waals surface area (Å²) in [5, 5.41) is 0. The maximum Gasteiger partial charge on any atom is 0.140 e. The molecule has 4 fully saturated rings. The van der Waals surface area contributed by atoms with Crippen molar-refractivity contribution >= 4 is 11.6 Å². The van der Waals surface area contributed by atoms with Gasteiger partial charge >= 0.3 is 0 Å². The average Bonchev–Trinajstić information content (AvgIpc) is 2.58. The summed E-state index contributed by atoms with van der Waals surface area (Å²) in [6.45, 7) is 0. The van der Waals surface area contributed by atoms with Gasteiger partial charge in [-0.3, -0.25) is 9.59 Å². The number of rotatable bonds is 0. The summed E-state index contributed by atoms with van der Waals surface area (Å²) in [5.41, 5.74) is 3.06. The molecule has 4 saturated carbocycles. The van der Waals surface area contributed by atoms with Crippen LogP contribution in [0.15, 0.2) is 11.1 Å². The lowest BCUT2D eigenvalue weighted by molar-refractivity contribution is -0.147. The Hall–Kier alpha value is -0.960. The zero-order chi connectivity index (χ0) is 15.6. The van der Waals surface area contributed by atoms with Gasteiger partial charge in [-0.05, 0) is 43.6 Å². The van der Waals surface area contributed by atoms with Crippen LogP contribution in [0.2, 0.25) is 0 Å². The van der Waals surface area contributed by atoms with Crippen LogP contribution in [0.4, 0.5) is 0 Å². The van der Waals surface area contributed by atoms with E-state index in [0.717, 1.165) is 32.1 Å². The van der Waals surface area contributed by atoms with Gasteiger partial charge in [-0.15, -0.1) is 0 Å². The molecule has 1 heterocycles. The molecule has 0 aromatic rings. The summed E-state index contributed by atoms with van der Waals surface area (Å²) in [6.07, 6.45) is 10.4. The van der Waals surface area contributed by atoms with Crippen molar-refractivity contribution < 1.29 is 14.3 Å². The SMILES string of the molecule is O=C1CCC2=C3C4CCCCC4C(=O)C4CCCC(OC2C1)C34. The molecule has 5 rings (SSSR count). The second kappa shape index (κ2) is 5.27. The topological polar surface area (TPSA) is 43.4 Å². The van der Waals surface area contributed by atoms with E-state index in [1.54, 1.807) is 5.57 Å². The Bertz CT molecular complexity index is 590. The van der Waals surface area contributed by atoms with Crippen molar-refractivity contribution in [3.8, 4) is 0 Å². The molecule has 0 aromatic carbocycles. The smallest absolute Gasteiger partial charge is 0.140 e. The Morgan fingerprint density at radius 3 is 2.48 bits per heavy atom. The monoisotopic (exact) mass is 314 g/mol. The maximum absolute atomic E-state index is 13.1. The average molecular weight is 314 g/mol. The molecule has 1 aliphatic heterocycles. The van der Waals surface area contributed by atoms with E-state index in [1.165, 1.54) is 24.8 Å². The van der Waals surface area contributed by atoms with Gasteiger partial charge < -0.3 is 4.74 Å². The van der Waals surface area contributed by atoms with Crippen LogP contribution in [0.3, 0.4) is 0 Å². The van der Waals surface area contributed by atoms with Crippen LogP contribution < -0.4 is 0 Å². The molecule has 0 radical (unpaired) electrons. The molecule has 6 atom stereocenters. The van der Waals surface area contributed by atoms with E-state index in [-0.39, 0.29) is 24.0 Å². The van der Waals surface area contributed by atoms with Crippen LogP contribution in [-0.2, 0) is 14.3 Å². The minimum Gasteiger partial charge on any atom is -0.370 e. The number of Topliss-reactive ketones (excluding diaryl/α,β-unsaturated/α-hetero) is 2. The van der Waals surface area contributed by atoms with Gasteiger partial charge in [0, 0.05) is 30.6 Å². The molecule has 0 amide bonds. The Morgan fingerprint density at radius 2 is 1.61 bits per heavy atom. The summed E-state index contributed by atoms with van der Waals surface area (Å²) in [4.78, 5) is 25.0. The lowest BCUT2D eigenvalue weighted by Gasteiger charge is -2.54. The minimum atomic E-state index is 0.0435. The third-order valence-corrected chi connectivity index (χ3v) is 7.28. The third-order valence-electron chi connectivity index (χ3n) is 7.28. The minimum absolute atomic E-state index is 0.0435. The molecular formula is C20H26O3. The molecule has 4 aliphatic carbocycles. The van der Waals surface area contributed by atoms with E-state index in [9.17, 15) is 9.59 Å². The summed E-state index contributed by atoms with van der Waals surface area (Å²) in [5.74, 6) is 2.25. The van der Waals surface area contributed by atoms with Gasteiger partial charge in [-0.1, -0.05) is 24.8 Å². The maximum atomic E-state index is 13.1. The Kier molecular flexibility index (Phi) is 3.30. The Morgan fingerprint density at radius 1 is 0.826 bits per heavy atom. The molecule has 0 saturated heterocycles. The number of ether oxygens (including phenoxy) is 1. The molecule has 3 heteroatoms. The van der Waals surface area contributed by atoms with Gasteiger partial charge in [-0.25, -0.2) is 0 Å². The van der Waals surface area contributed by atoms with E-state index >= 15 is 0 Å². The van der Waals surface area contributed by atoms with Crippen molar-refractivity contribution in [3.63, 3.8) is 0 Å². The van der Waals surface area contributed by atoms with Crippen molar-refractivity contribution in [2.45, 2.75) is 76.4 Å². The van der Waals surface area contributed by atoms with E-state index in [1.807, 2.05) is 0 Å². The summed E-state index contributed by atoms with van der Waals surface area (Å²) < 4.78 is 6.40. The van der Waals surface area contributed by atoms with Gasteiger partial charge in [0.1, 0.15) is 11.6 Å². The number of carbonyl (C=O) groups excluding carboxylic acids is 2. The lowest BCUT2D eigenvalue weighted by atomic mass is 9.53. The van der Waals surface area contributed by atoms with Gasteiger partial charge in [0.2, 0.25) is 0 Å². The molecule has 0 spiro atoms. The van der Waals surface area contributed by atoms with E-state index in [2.05, 4.69) is 0 Å². The molecule has 23 heavy (non-hydrogen) atoms. The number of hydrogen-bond donors (Lipinski definition) is 0. The highest BCUT2D eigenvalue weighted by molar-refractivity contribution is 5.87. The highest BCUT2D eigenvalue weighted by atomic mass is 16.5. The zero-order valence-electron chi connectivity index (χ0n) is 13.8. The molecular weight excluding hydrogens is 288 g/mol. The fraction of sp³-hybridized carbons (Fsp3) is 0.800. The van der Waals surface area contributed by atoms with Gasteiger partial charge in [-0.2, -0.15) is 0 Å². The van der Waals surface area contributed by atoms with Crippen LogP contribution in [-0.4, -0.2) is 23.8 Å². The molecule has 124 valence electrons. The number of fused-ring (bicyclic) bond motifs is 3. The number of carbonyl (C=O) groups is 2. The largest absolute Gasteiger partial charge is 0.370 e. The molecule has 0 N–H and O–H groups in total. The van der Waals surface area contributed by atoms with Crippen molar-refractivity contribution in [1.29, 1.82) is 0 Å². The van der Waals surface area contributed by atoms with Crippen LogP contribution in [0.5, 0.6) is 0 Å². The molecule has 0 aromatic heterocycles. The highest BCUT2D eigenvalue weighted by Gasteiger charge is 2.55. The van der Waals surface area contributed by atoms with Crippen molar-refractivity contribution in [2.75, 3.05) is 0 Å². The van der Waals surface area contributed by atoms with Crippen LogP contribution in [0.25, 0.3) is 0 Å². The summed E-state index contributed by atoms with van der Waals surface area (Å²) in [7, 11) is 0.